The number of aliphatic carboxylic acids is 1. The quantitative estimate of drug-likeness (QED) is 0.225. The summed E-state index contributed by atoms with van der Waals surface area (Å²) in [6.45, 7) is 3.37. The number of carbonyl (C=O) groups is 2. The molecule has 0 unspecified atom stereocenters. The molecule has 10 nitrogen and oxygen atoms in total. The second-order valence-electron chi connectivity index (χ2n) is 9.02. The molecule has 42 heavy (non-hydrogen) atoms. The number of aromatic nitrogens is 1. The maximum Gasteiger partial charge on any atom is 0.341 e. The Morgan fingerprint density at radius 2 is 1.90 bits per heavy atom. The lowest BCUT2D eigenvalue weighted by Crippen LogP contribution is -2.40. The van der Waals surface area contributed by atoms with E-state index < -0.39 is 24.6 Å². The smallest absolute Gasteiger partial charge is 0.341 e. The molecule has 0 amide bonds. The summed E-state index contributed by atoms with van der Waals surface area (Å²) in [5, 5.41) is 9.01. The first-order valence-corrected chi connectivity index (χ1v) is 15.6. The van der Waals surface area contributed by atoms with E-state index in [-0.39, 0.29) is 12.2 Å². The van der Waals surface area contributed by atoms with Crippen molar-refractivity contribution in [3.63, 3.8) is 0 Å². The van der Waals surface area contributed by atoms with Crippen LogP contribution < -0.4 is 29.1 Å². The van der Waals surface area contributed by atoms with Gasteiger partial charge in [0.2, 0.25) is 0 Å². The van der Waals surface area contributed by atoms with Crippen LogP contribution in [0.4, 0.5) is 0 Å². The summed E-state index contributed by atoms with van der Waals surface area (Å²) in [6, 6.07) is 8.03. The Morgan fingerprint density at radius 3 is 2.55 bits per heavy atom. The third-order valence-electron chi connectivity index (χ3n) is 6.27. The first kappa shape index (κ1) is 31.8. The van der Waals surface area contributed by atoms with Crippen molar-refractivity contribution in [3.05, 3.63) is 80.5 Å². The number of benzene rings is 2. The normalized spacial score (nSPS) is 14.7. The van der Waals surface area contributed by atoms with Gasteiger partial charge in [-0.05, 0) is 77.9 Å². The van der Waals surface area contributed by atoms with E-state index in [2.05, 4.69) is 15.9 Å². The minimum Gasteiger partial charge on any atom is -0.496 e. The number of halogens is 2. The Labute approximate surface area is 267 Å². The Morgan fingerprint density at radius 1 is 1.17 bits per heavy atom. The number of thiazole rings is 1. The summed E-state index contributed by atoms with van der Waals surface area (Å²) in [7, 11) is 2.99. The van der Waals surface area contributed by atoms with Crippen molar-refractivity contribution < 1.29 is 33.6 Å². The van der Waals surface area contributed by atoms with Crippen molar-refractivity contribution in [2.75, 3.05) is 27.4 Å². The molecule has 13 heteroatoms. The summed E-state index contributed by atoms with van der Waals surface area (Å²) < 4.78 is 25.2. The standard InChI is InChI=1S/C29H28BrIN2O8S/c1-5-7-19-24(28(37)40-6-2)25(17-13-16(30)8-9-20(17)38-3)33-27(36)22(42-29(33)32-19)12-15-10-18(31)26(21(11-15)39-4)41-14-23(34)35/h8-13,25H,5-7,14H2,1-4H3,(H,34,35)/b22-12+/t25-/m0/s1. The van der Waals surface area contributed by atoms with Gasteiger partial charge in [-0.15, -0.1) is 0 Å². The number of hydrogen-bond donors (Lipinski definition) is 1. The van der Waals surface area contributed by atoms with Gasteiger partial charge in [0.15, 0.2) is 22.9 Å². The van der Waals surface area contributed by atoms with Crippen molar-refractivity contribution in [3.8, 4) is 17.2 Å². The number of rotatable bonds is 11. The molecule has 4 rings (SSSR count). The van der Waals surface area contributed by atoms with Crippen molar-refractivity contribution >= 4 is 67.9 Å². The molecule has 3 aromatic rings. The third kappa shape index (κ3) is 6.57. The van der Waals surface area contributed by atoms with E-state index in [0.29, 0.717) is 59.0 Å². The van der Waals surface area contributed by atoms with Gasteiger partial charge in [-0.3, -0.25) is 9.36 Å². The fourth-order valence-electron chi connectivity index (χ4n) is 4.58. The van der Waals surface area contributed by atoms with Gasteiger partial charge in [0.25, 0.3) is 5.56 Å². The summed E-state index contributed by atoms with van der Waals surface area (Å²) in [6.07, 6.45) is 2.95. The van der Waals surface area contributed by atoms with Gasteiger partial charge in [-0.1, -0.05) is 40.6 Å². The van der Waals surface area contributed by atoms with Crippen molar-refractivity contribution in [2.45, 2.75) is 32.7 Å². The number of ether oxygens (including phenoxy) is 4. The van der Waals surface area contributed by atoms with Crippen molar-refractivity contribution in [1.82, 2.24) is 4.57 Å². The van der Waals surface area contributed by atoms with E-state index in [4.69, 9.17) is 29.0 Å². The second-order valence-corrected chi connectivity index (χ2v) is 12.1. The molecule has 0 fully saturated rings. The van der Waals surface area contributed by atoms with E-state index in [1.165, 1.54) is 30.1 Å². The van der Waals surface area contributed by atoms with Gasteiger partial charge < -0.3 is 24.1 Å². The predicted molar refractivity (Wildman–Crippen MR) is 169 cm³/mol. The number of carboxylic acid groups (broad SMARTS) is 1. The summed E-state index contributed by atoms with van der Waals surface area (Å²) >= 11 is 6.75. The minimum atomic E-state index is -1.11. The summed E-state index contributed by atoms with van der Waals surface area (Å²) in [5.41, 5.74) is 1.77. The lowest BCUT2D eigenvalue weighted by molar-refractivity contribution is -0.140. The molecular formula is C29H28BrIN2O8S. The van der Waals surface area contributed by atoms with Crippen molar-refractivity contribution in [1.29, 1.82) is 0 Å². The first-order valence-electron chi connectivity index (χ1n) is 12.9. The van der Waals surface area contributed by atoms with E-state index >= 15 is 0 Å². The van der Waals surface area contributed by atoms with Gasteiger partial charge in [-0.2, -0.15) is 0 Å². The highest BCUT2D eigenvalue weighted by Gasteiger charge is 2.36. The highest BCUT2D eigenvalue weighted by Crippen LogP contribution is 2.38. The van der Waals surface area contributed by atoms with Crippen LogP contribution in [0, 0.1) is 3.57 Å². The van der Waals surface area contributed by atoms with Gasteiger partial charge in [0.1, 0.15) is 11.8 Å². The lowest BCUT2D eigenvalue weighted by Gasteiger charge is -2.27. The molecule has 0 aliphatic carbocycles. The second kappa shape index (κ2) is 13.9. The molecule has 2 aromatic carbocycles. The zero-order chi connectivity index (χ0) is 30.6. The predicted octanol–water partition coefficient (Wildman–Crippen LogP) is 4.43. The number of methoxy groups -OCH3 is 2. The molecular weight excluding hydrogens is 743 g/mol. The largest absolute Gasteiger partial charge is 0.496 e. The number of carboxylic acids is 1. The molecule has 222 valence electrons. The number of esters is 1. The van der Waals surface area contributed by atoms with Crippen LogP contribution in [0.15, 0.2) is 55.9 Å². The van der Waals surface area contributed by atoms with Gasteiger partial charge in [0.05, 0.1) is 40.2 Å². The molecule has 1 atom stereocenters. The molecule has 0 spiro atoms. The Hall–Kier alpha value is -3.17. The van der Waals surface area contributed by atoms with Crippen LogP contribution in [-0.2, 0) is 14.3 Å². The van der Waals surface area contributed by atoms with Crippen LogP contribution in [0.1, 0.15) is 43.9 Å². The van der Waals surface area contributed by atoms with Crippen LogP contribution in [0.3, 0.4) is 0 Å². The van der Waals surface area contributed by atoms with Crippen LogP contribution in [0.25, 0.3) is 6.08 Å². The summed E-state index contributed by atoms with van der Waals surface area (Å²) in [4.78, 5) is 43.8. The highest BCUT2D eigenvalue weighted by molar-refractivity contribution is 14.1. The zero-order valence-corrected chi connectivity index (χ0v) is 27.8. The highest BCUT2D eigenvalue weighted by atomic mass is 127. The maximum atomic E-state index is 14.1. The van der Waals surface area contributed by atoms with E-state index in [1.54, 1.807) is 31.2 Å². The van der Waals surface area contributed by atoms with E-state index in [1.807, 2.05) is 41.6 Å². The Bertz CT molecular complexity index is 1750. The average Bonchev–Trinajstić information content (AvgIpc) is 3.25. The number of carbonyl (C=O) groups excluding carboxylic acids is 1. The molecule has 1 N–H and O–H groups in total. The molecule has 0 bridgehead atoms. The van der Waals surface area contributed by atoms with Crippen LogP contribution in [0.5, 0.6) is 17.2 Å². The number of fused-ring (bicyclic) bond motifs is 1. The fraction of sp³-hybridized carbons (Fsp3) is 0.310. The fourth-order valence-corrected chi connectivity index (χ4v) is 6.76. The van der Waals surface area contributed by atoms with Crippen molar-refractivity contribution in [2.24, 2.45) is 4.99 Å². The first-order chi connectivity index (χ1) is 20.1. The minimum absolute atomic E-state index is 0.168. The molecule has 1 aliphatic rings. The monoisotopic (exact) mass is 770 g/mol. The number of nitrogens with zero attached hydrogens (tertiary/aromatic N) is 2. The molecule has 0 saturated heterocycles. The van der Waals surface area contributed by atoms with Crippen LogP contribution >= 0.6 is 49.9 Å². The lowest BCUT2D eigenvalue weighted by atomic mass is 9.93. The van der Waals surface area contributed by atoms with Gasteiger partial charge in [-0.25, -0.2) is 14.6 Å². The van der Waals surface area contributed by atoms with Crippen LogP contribution in [-0.4, -0.2) is 49.0 Å². The Balaban J connectivity index is 1.98. The van der Waals surface area contributed by atoms with E-state index in [0.717, 1.165) is 10.9 Å². The molecule has 1 aromatic heterocycles. The number of allylic oxidation sites excluding steroid dienone is 1. The zero-order valence-electron chi connectivity index (χ0n) is 23.2. The topological polar surface area (TPSA) is 126 Å². The molecule has 1 aliphatic heterocycles. The number of hydrogen-bond acceptors (Lipinski definition) is 9. The van der Waals surface area contributed by atoms with Gasteiger partial charge >= 0.3 is 11.9 Å². The van der Waals surface area contributed by atoms with Crippen LogP contribution in [0.2, 0.25) is 0 Å². The average molecular weight is 771 g/mol. The third-order valence-corrected chi connectivity index (χ3v) is 8.55. The summed E-state index contributed by atoms with van der Waals surface area (Å²) in [5.74, 6) is -0.520. The van der Waals surface area contributed by atoms with Gasteiger partial charge in [0, 0.05) is 10.0 Å². The molecule has 0 saturated carbocycles. The Kier molecular flexibility index (Phi) is 10.5. The molecule has 0 radical (unpaired) electrons. The molecule has 2 heterocycles. The van der Waals surface area contributed by atoms with E-state index in [9.17, 15) is 14.4 Å². The maximum absolute atomic E-state index is 14.1. The SMILES string of the molecule is CCCC1=C(C(=O)OCC)[C@H](c2cc(Br)ccc2OC)n2c(s/c(=C/c3cc(I)c(OCC(=O)O)c(OC)c3)c2=O)=N1.